The van der Waals surface area contributed by atoms with E-state index in [2.05, 4.69) is 24.3 Å². The molecule has 34 heavy (non-hydrogen) atoms. The van der Waals surface area contributed by atoms with Crippen LogP contribution < -0.4 is 9.46 Å². The van der Waals surface area contributed by atoms with Crippen LogP contribution in [0, 0.1) is 5.92 Å². The first-order valence-corrected chi connectivity index (χ1v) is 12.9. The van der Waals surface area contributed by atoms with Crippen LogP contribution in [0.15, 0.2) is 41.7 Å². The third-order valence-corrected chi connectivity index (χ3v) is 8.32. The molecule has 2 N–H and O–H groups in total. The lowest BCUT2D eigenvalue weighted by atomic mass is 9.85. The smallest absolute Gasteiger partial charge is 0.391 e. The number of benzene rings is 1. The molecular formula is C20H21F3N6O3S2. The van der Waals surface area contributed by atoms with Crippen molar-refractivity contribution >= 4 is 26.7 Å². The van der Waals surface area contributed by atoms with Gasteiger partial charge in [0.1, 0.15) is 12.1 Å². The second kappa shape index (κ2) is 8.82. The second-order valence-corrected chi connectivity index (χ2v) is 10.7. The maximum atomic E-state index is 13.5. The number of ether oxygens (including phenoxy) is 1. The number of hydrogen-bond donors (Lipinski definition) is 2. The summed E-state index contributed by atoms with van der Waals surface area (Å²) in [7, 11) is -3.90. The fourth-order valence-electron chi connectivity index (χ4n) is 4.67. The number of rotatable bonds is 5. The normalized spacial score (nSPS) is 23.8. The molecular weight excluding hydrogens is 493 g/mol. The Hall–Kier alpha value is -2.71. The minimum atomic E-state index is -4.26. The summed E-state index contributed by atoms with van der Waals surface area (Å²) in [6.45, 7) is 0.566. The number of hydrogen-bond acceptors (Lipinski definition) is 8. The van der Waals surface area contributed by atoms with Crippen LogP contribution >= 0.6 is 11.5 Å². The quantitative estimate of drug-likeness (QED) is 0.531. The van der Waals surface area contributed by atoms with Gasteiger partial charge in [-0.15, -0.1) is 0 Å². The maximum absolute atomic E-state index is 13.5. The molecule has 1 saturated heterocycles. The number of alkyl halides is 3. The summed E-state index contributed by atoms with van der Waals surface area (Å²) in [5.41, 5.74) is 1.37. The van der Waals surface area contributed by atoms with Crippen molar-refractivity contribution in [3.05, 3.63) is 48.0 Å². The first-order chi connectivity index (χ1) is 16.2. The van der Waals surface area contributed by atoms with Gasteiger partial charge in [-0.3, -0.25) is 14.7 Å². The lowest BCUT2D eigenvalue weighted by Crippen LogP contribution is -2.44. The number of piperidine rings is 1. The van der Waals surface area contributed by atoms with Crippen LogP contribution in [0.5, 0.6) is 5.75 Å². The molecule has 14 heteroatoms. The minimum absolute atomic E-state index is 0.000933. The number of aromatic amines is 1. The molecule has 5 rings (SSSR count). The van der Waals surface area contributed by atoms with Gasteiger partial charge in [-0.2, -0.15) is 22.6 Å². The number of halogens is 3. The SMILES string of the molecule is O=S(=O)(Nc1ncns1)c1ccc2c(c1)OCC[C@@H]2N1CC[C@@H](C(F)(F)F)C[C@H]1c1ccn[nH]1. The van der Waals surface area contributed by atoms with Gasteiger partial charge in [0.2, 0.25) is 5.13 Å². The molecule has 3 atom stereocenters. The van der Waals surface area contributed by atoms with Gasteiger partial charge >= 0.3 is 6.18 Å². The number of nitrogens with zero attached hydrogens (tertiary/aromatic N) is 4. The molecule has 4 heterocycles. The Labute approximate surface area is 197 Å². The van der Waals surface area contributed by atoms with Crippen molar-refractivity contribution in [1.82, 2.24) is 24.5 Å². The van der Waals surface area contributed by atoms with Gasteiger partial charge in [-0.25, -0.2) is 13.4 Å². The van der Waals surface area contributed by atoms with Crippen LogP contribution in [0.25, 0.3) is 0 Å². The van der Waals surface area contributed by atoms with Gasteiger partial charge < -0.3 is 4.74 Å². The minimum Gasteiger partial charge on any atom is -0.493 e. The molecule has 0 saturated carbocycles. The van der Waals surface area contributed by atoms with E-state index in [1.807, 2.05) is 4.90 Å². The van der Waals surface area contributed by atoms with E-state index in [4.69, 9.17) is 4.74 Å². The number of H-pyrrole nitrogens is 1. The van der Waals surface area contributed by atoms with Crippen molar-refractivity contribution in [2.75, 3.05) is 17.9 Å². The molecule has 2 aliphatic heterocycles. The molecule has 9 nitrogen and oxygen atoms in total. The zero-order valence-corrected chi connectivity index (χ0v) is 19.3. The molecule has 0 unspecified atom stereocenters. The van der Waals surface area contributed by atoms with Crippen LogP contribution in [0.1, 0.15) is 42.6 Å². The van der Waals surface area contributed by atoms with E-state index in [0.29, 0.717) is 24.5 Å². The zero-order valence-electron chi connectivity index (χ0n) is 17.7. The van der Waals surface area contributed by atoms with Crippen LogP contribution in [-0.4, -0.2) is 52.2 Å². The molecule has 0 aliphatic carbocycles. The fourth-order valence-corrected chi connectivity index (χ4v) is 6.34. The van der Waals surface area contributed by atoms with Gasteiger partial charge in [0.25, 0.3) is 10.0 Å². The highest BCUT2D eigenvalue weighted by molar-refractivity contribution is 7.93. The summed E-state index contributed by atoms with van der Waals surface area (Å²) in [6, 6.07) is 5.57. The highest BCUT2D eigenvalue weighted by Gasteiger charge is 2.47. The van der Waals surface area contributed by atoms with E-state index in [1.54, 1.807) is 12.1 Å². The van der Waals surface area contributed by atoms with Crippen molar-refractivity contribution in [2.45, 2.75) is 42.4 Å². The molecule has 0 radical (unpaired) electrons. The lowest BCUT2D eigenvalue weighted by molar-refractivity contribution is -0.192. The summed E-state index contributed by atoms with van der Waals surface area (Å²) in [4.78, 5) is 5.88. The number of fused-ring (bicyclic) bond motifs is 1. The molecule has 2 aliphatic rings. The third kappa shape index (κ3) is 4.49. The lowest BCUT2D eigenvalue weighted by Gasteiger charge is -2.45. The monoisotopic (exact) mass is 514 g/mol. The van der Waals surface area contributed by atoms with Crippen LogP contribution in [-0.2, 0) is 10.0 Å². The van der Waals surface area contributed by atoms with E-state index in [0.717, 1.165) is 17.1 Å². The Kier molecular flexibility index (Phi) is 5.98. The van der Waals surface area contributed by atoms with E-state index in [1.165, 1.54) is 24.7 Å². The summed E-state index contributed by atoms with van der Waals surface area (Å²) in [6.07, 6.45) is -0.980. The molecule has 2 aromatic heterocycles. The average Bonchev–Trinajstić information content (AvgIpc) is 3.51. The summed E-state index contributed by atoms with van der Waals surface area (Å²) in [5.74, 6) is -0.993. The zero-order chi connectivity index (χ0) is 23.9. The largest absolute Gasteiger partial charge is 0.493 e. The molecule has 3 aromatic rings. The Balaban J connectivity index is 1.44. The van der Waals surface area contributed by atoms with Crippen molar-refractivity contribution in [3.63, 3.8) is 0 Å². The van der Waals surface area contributed by atoms with E-state index >= 15 is 0 Å². The number of nitrogens with one attached hydrogen (secondary N) is 2. The summed E-state index contributed by atoms with van der Waals surface area (Å²) in [5, 5.41) is 6.92. The van der Waals surface area contributed by atoms with Crippen LogP contribution in [0.3, 0.4) is 0 Å². The van der Waals surface area contributed by atoms with E-state index < -0.39 is 28.2 Å². The van der Waals surface area contributed by atoms with Gasteiger partial charge in [-0.1, -0.05) is 6.07 Å². The Morgan fingerprint density at radius 1 is 1.21 bits per heavy atom. The Morgan fingerprint density at radius 2 is 2.06 bits per heavy atom. The fraction of sp³-hybridized carbons (Fsp3) is 0.450. The number of sulfonamides is 1. The van der Waals surface area contributed by atoms with Crippen LogP contribution in [0.4, 0.5) is 18.3 Å². The number of likely N-dealkylation sites (tertiary alicyclic amines) is 1. The molecule has 1 aromatic carbocycles. The first kappa shape index (κ1) is 23.1. The van der Waals surface area contributed by atoms with Gasteiger partial charge in [0.15, 0.2) is 0 Å². The van der Waals surface area contributed by atoms with Crippen molar-refractivity contribution < 1.29 is 26.3 Å². The highest BCUT2D eigenvalue weighted by atomic mass is 32.2. The molecule has 1 fully saturated rings. The predicted octanol–water partition coefficient (Wildman–Crippen LogP) is 3.90. The summed E-state index contributed by atoms with van der Waals surface area (Å²) >= 11 is 0.916. The van der Waals surface area contributed by atoms with Crippen LogP contribution in [0.2, 0.25) is 0 Å². The van der Waals surface area contributed by atoms with E-state index in [-0.39, 0.29) is 35.5 Å². The maximum Gasteiger partial charge on any atom is 0.391 e. The van der Waals surface area contributed by atoms with Crippen molar-refractivity contribution in [3.8, 4) is 5.75 Å². The Bertz CT molecular complexity index is 1230. The number of anilines is 1. The van der Waals surface area contributed by atoms with Gasteiger partial charge in [0, 0.05) is 48.4 Å². The molecule has 0 bridgehead atoms. The van der Waals surface area contributed by atoms with Crippen molar-refractivity contribution in [1.29, 1.82) is 0 Å². The van der Waals surface area contributed by atoms with Gasteiger partial charge in [-0.05, 0) is 25.0 Å². The first-order valence-electron chi connectivity index (χ1n) is 10.6. The third-order valence-electron chi connectivity index (χ3n) is 6.27. The molecule has 0 amide bonds. The second-order valence-electron chi connectivity index (χ2n) is 8.23. The Morgan fingerprint density at radius 3 is 2.76 bits per heavy atom. The predicted molar refractivity (Wildman–Crippen MR) is 117 cm³/mol. The highest BCUT2D eigenvalue weighted by Crippen LogP contribution is 2.47. The average molecular weight is 515 g/mol. The topological polar surface area (TPSA) is 113 Å². The van der Waals surface area contributed by atoms with E-state index in [9.17, 15) is 21.6 Å². The molecule has 182 valence electrons. The standard InChI is InChI=1S/C20H21F3N6O3S2/c21-20(22,23)12-4-7-29(17(9-12)15-3-6-25-27-15)16-5-8-32-18-10-13(1-2-14(16)18)34(30,31)28-19-24-11-26-33-19/h1-3,6,10-12,16-17H,4-5,7-9H2,(H,25,27)(H,24,26,28)/t12-,16+,17+/m1/s1. The number of aromatic nitrogens is 4. The van der Waals surface area contributed by atoms with Gasteiger partial charge in [0.05, 0.1) is 29.2 Å². The summed E-state index contributed by atoms with van der Waals surface area (Å²) < 4.78 is 78.0. The van der Waals surface area contributed by atoms with Crippen molar-refractivity contribution in [2.24, 2.45) is 5.92 Å². The molecule has 0 spiro atoms.